The van der Waals surface area contributed by atoms with E-state index >= 15 is 0 Å². The van der Waals surface area contributed by atoms with Gasteiger partial charge in [0.1, 0.15) is 0 Å². The van der Waals surface area contributed by atoms with Crippen LogP contribution in [0, 0.1) is 5.92 Å². The van der Waals surface area contributed by atoms with Crippen LogP contribution in [0.2, 0.25) is 0 Å². The van der Waals surface area contributed by atoms with Crippen molar-refractivity contribution in [2.75, 3.05) is 26.8 Å². The zero-order valence-corrected chi connectivity index (χ0v) is 9.61. The third-order valence-corrected chi connectivity index (χ3v) is 3.03. The van der Waals surface area contributed by atoms with Gasteiger partial charge in [-0.25, -0.2) is 0 Å². The third-order valence-electron chi connectivity index (χ3n) is 3.03. The Morgan fingerprint density at radius 3 is 2.80 bits per heavy atom. The second-order valence-corrected chi connectivity index (χ2v) is 4.48. The first kappa shape index (κ1) is 12.9. The highest BCUT2D eigenvalue weighted by Gasteiger charge is 2.27. The van der Waals surface area contributed by atoms with Crippen LogP contribution in [0.3, 0.4) is 0 Å². The molecule has 90 valence electrons. The van der Waals surface area contributed by atoms with Crippen molar-refractivity contribution in [3.63, 3.8) is 0 Å². The van der Waals surface area contributed by atoms with Crippen LogP contribution in [0.1, 0.15) is 25.7 Å². The fourth-order valence-corrected chi connectivity index (χ4v) is 2.01. The number of rotatable bonds is 8. The number of methoxy groups -OCH3 is 1. The Bertz CT molecular complexity index is 161. The summed E-state index contributed by atoms with van der Waals surface area (Å²) in [5, 5.41) is 12.6. The van der Waals surface area contributed by atoms with Gasteiger partial charge in [-0.2, -0.15) is 0 Å². The zero-order valence-electron chi connectivity index (χ0n) is 9.61. The van der Waals surface area contributed by atoms with E-state index in [9.17, 15) is 0 Å². The van der Waals surface area contributed by atoms with Gasteiger partial charge >= 0.3 is 0 Å². The molecule has 1 saturated carbocycles. The molecule has 15 heavy (non-hydrogen) atoms. The molecule has 0 aliphatic heterocycles. The van der Waals surface area contributed by atoms with Crippen LogP contribution >= 0.6 is 0 Å². The highest BCUT2D eigenvalue weighted by Crippen LogP contribution is 2.26. The number of nitrogens with two attached hydrogens (primary N) is 1. The molecule has 4 N–H and O–H groups in total. The quantitative estimate of drug-likeness (QED) is 0.538. The Balaban J connectivity index is 2.07. The predicted molar refractivity (Wildman–Crippen MR) is 60.7 cm³/mol. The first-order chi connectivity index (χ1) is 7.26. The number of hydrogen-bond acceptors (Lipinski definition) is 4. The molecule has 0 aromatic carbocycles. The summed E-state index contributed by atoms with van der Waals surface area (Å²) in [6, 6.07) is 0.413. The maximum atomic E-state index is 9.16. The number of ether oxygens (including phenoxy) is 1. The molecule has 4 heteroatoms. The Hall–Kier alpha value is -0.160. The fourth-order valence-electron chi connectivity index (χ4n) is 2.01. The topological polar surface area (TPSA) is 67.5 Å². The van der Waals surface area contributed by atoms with Gasteiger partial charge < -0.3 is 20.9 Å². The lowest BCUT2D eigenvalue weighted by Crippen LogP contribution is -2.42. The molecule has 0 aromatic heterocycles. The minimum atomic E-state index is -0.0540. The van der Waals surface area contributed by atoms with E-state index in [4.69, 9.17) is 15.6 Å². The van der Waals surface area contributed by atoms with Crippen molar-refractivity contribution in [1.29, 1.82) is 0 Å². The summed E-state index contributed by atoms with van der Waals surface area (Å²) >= 11 is 0. The third kappa shape index (κ3) is 4.93. The van der Waals surface area contributed by atoms with Gasteiger partial charge in [0, 0.05) is 13.2 Å². The highest BCUT2D eigenvalue weighted by molar-refractivity contribution is 4.81. The molecule has 1 atom stereocenters. The van der Waals surface area contributed by atoms with Crippen molar-refractivity contribution < 1.29 is 9.84 Å². The Labute approximate surface area is 92.2 Å². The van der Waals surface area contributed by atoms with Gasteiger partial charge in [-0.15, -0.1) is 0 Å². The van der Waals surface area contributed by atoms with E-state index in [1.165, 1.54) is 0 Å². The Morgan fingerprint density at radius 1 is 1.53 bits per heavy atom. The molecule has 0 heterocycles. The van der Waals surface area contributed by atoms with Crippen molar-refractivity contribution in [2.45, 2.75) is 37.8 Å². The molecule has 1 unspecified atom stereocenters. The predicted octanol–water partition coefficient (Wildman–Crippen LogP) is 0.101. The van der Waals surface area contributed by atoms with Crippen molar-refractivity contribution in [3.05, 3.63) is 0 Å². The van der Waals surface area contributed by atoms with E-state index in [2.05, 4.69) is 5.32 Å². The van der Waals surface area contributed by atoms with Gasteiger partial charge in [-0.3, -0.25) is 0 Å². The van der Waals surface area contributed by atoms with E-state index in [1.54, 1.807) is 7.11 Å². The fraction of sp³-hybridized carbons (Fsp3) is 1.00. The summed E-state index contributed by atoms with van der Waals surface area (Å²) in [7, 11) is 1.73. The van der Waals surface area contributed by atoms with Crippen LogP contribution in [0.25, 0.3) is 0 Å². The van der Waals surface area contributed by atoms with Crippen molar-refractivity contribution >= 4 is 0 Å². The van der Waals surface area contributed by atoms with E-state index in [0.717, 1.165) is 45.4 Å². The molecule has 1 rings (SSSR count). The van der Waals surface area contributed by atoms with Crippen LogP contribution in [-0.4, -0.2) is 44.1 Å². The maximum Gasteiger partial charge on any atom is 0.0615 e. The van der Waals surface area contributed by atoms with E-state index < -0.39 is 0 Å². The molecular formula is C11H24N2O2. The maximum absolute atomic E-state index is 9.16. The Morgan fingerprint density at radius 2 is 2.27 bits per heavy atom. The summed E-state index contributed by atoms with van der Waals surface area (Å²) in [5.41, 5.74) is 5.48. The van der Waals surface area contributed by atoms with Gasteiger partial charge in [0.2, 0.25) is 0 Å². The second kappa shape index (κ2) is 7.17. The minimum absolute atomic E-state index is 0.0540. The zero-order chi connectivity index (χ0) is 11.1. The summed E-state index contributed by atoms with van der Waals surface area (Å²) < 4.78 is 5.15. The van der Waals surface area contributed by atoms with Gasteiger partial charge in [0.05, 0.1) is 12.7 Å². The number of aliphatic hydroxyl groups excluding tert-OH is 1. The summed E-state index contributed by atoms with van der Waals surface area (Å²) in [6.07, 6.45) is 3.95. The van der Waals surface area contributed by atoms with Gasteiger partial charge in [0.15, 0.2) is 0 Å². The molecule has 0 aromatic rings. The summed E-state index contributed by atoms with van der Waals surface area (Å²) in [6.45, 7) is 2.48. The van der Waals surface area contributed by atoms with Crippen LogP contribution in [-0.2, 0) is 4.74 Å². The molecule has 0 radical (unpaired) electrons. The lowest BCUT2D eigenvalue weighted by molar-refractivity contribution is 0.0397. The Kier molecular flexibility index (Phi) is 6.17. The highest BCUT2D eigenvalue weighted by atomic mass is 16.5. The number of aliphatic hydroxyl groups is 1. The van der Waals surface area contributed by atoms with Crippen LogP contribution in [0.5, 0.6) is 0 Å². The molecule has 0 amide bonds. The molecule has 1 aliphatic rings. The average molecular weight is 216 g/mol. The second-order valence-electron chi connectivity index (χ2n) is 4.48. The molecule has 0 bridgehead atoms. The molecule has 1 aliphatic carbocycles. The summed E-state index contributed by atoms with van der Waals surface area (Å²) in [4.78, 5) is 0. The van der Waals surface area contributed by atoms with Crippen LogP contribution in [0.15, 0.2) is 0 Å². The smallest absolute Gasteiger partial charge is 0.0615 e. The van der Waals surface area contributed by atoms with E-state index in [1.807, 2.05) is 0 Å². The first-order valence-corrected chi connectivity index (χ1v) is 5.86. The largest absolute Gasteiger partial charge is 0.393 e. The number of nitrogens with one attached hydrogen (secondary N) is 1. The van der Waals surface area contributed by atoms with Crippen molar-refractivity contribution in [1.82, 2.24) is 5.32 Å². The average Bonchev–Trinajstić information content (AvgIpc) is 2.18. The van der Waals surface area contributed by atoms with E-state index in [0.29, 0.717) is 12.0 Å². The van der Waals surface area contributed by atoms with Crippen LogP contribution in [0.4, 0.5) is 0 Å². The van der Waals surface area contributed by atoms with Crippen LogP contribution < -0.4 is 11.1 Å². The molecule has 0 spiro atoms. The van der Waals surface area contributed by atoms with Crippen molar-refractivity contribution in [2.24, 2.45) is 11.7 Å². The lowest BCUT2D eigenvalue weighted by Gasteiger charge is -2.33. The molecule has 0 saturated heterocycles. The standard InChI is InChI=1S/C11H24N2O2/c1-15-8-10(3-2-4-12)13-7-9-5-11(14)6-9/h9-11,13-14H,2-8,12H2,1H3. The van der Waals surface area contributed by atoms with Gasteiger partial charge in [-0.05, 0) is 44.7 Å². The molecule has 4 nitrogen and oxygen atoms in total. The SMILES string of the molecule is COCC(CCCN)NCC1CC(O)C1. The van der Waals surface area contributed by atoms with Gasteiger partial charge in [0.25, 0.3) is 0 Å². The van der Waals surface area contributed by atoms with E-state index in [-0.39, 0.29) is 6.10 Å². The normalized spacial score (nSPS) is 27.4. The number of hydrogen-bond donors (Lipinski definition) is 3. The van der Waals surface area contributed by atoms with Crippen molar-refractivity contribution in [3.8, 4) is 0 Å². The summed E-state index contributed by atoms with van der Waals surface area (Å²) in [5.74, 6) is 0.650. The lowest BCUT2D eigenvalue weighted by atomic mass is 9.82. The first-order valence-electron chi connectivity index (χ1n) is 5.86. The molecular weight excluding hydrogens is 192 g/mol. The minimum Gasteiger partial charge on any atom is -0.393 e. The monoisotopic (exact) mass is 216 g/mol. The van der Waals surface area contributed by atoms with Gasteiger partial charge in [-0.1, -0.05) is 0 Å². The molecule has 1 fully saturated rings.